The minimum Gasteiger partial charge on any atom is -0.214 e. The molecule has 57 heavy (non-hydrogen) atoms. The predicted molar refractivity (Wildman–Crippen MR) is 241 cm³/mol. The summed E-state index contributed by atoms with van der Waals surface area (Å²) in [6, 6.07) is 52.0. The summed E-state index contributed by atoms with van der Waals surface area (Å²) in [5.74, 6) is 0. The molecule has 7 aromatic rings. The summed E-state index contributed by atoms with van der Waals surface area (Å²) in [5.41, 5.74) is 14.6. The number of fused-ring (bicyclic) bond motifs is 5. The van der Waals surface area contributed by atoms with Crippen LogP contribution in [0.15, 0.2) is 133 Å². The largest absolute Gasteiger partial charge is 0.214 e. The van der Waals surface area contributed by atoms with Crippen molar-refractivity contribution in [1.29, 1.82) is 0 Å². The number of benzene rings is 6. The van der Waals surface area contributed by atoms with Crippen molar-refractivity contribution in [2.24, 2.45) is 0 Å². The Labute approximate surface area is 378 Å². The monoisotopic (exact) mass is 900 g/mol. The van der Waals surface area contributed by atoms with Gasteiger partial charge in [0.2, 0.25) is 0 Å². The maximum absolute atomic E-state index is 3.90. The van der Waals surface area contributed by atoms with E-state index in [1.165, 1.54) is 105 Å². The SMILES string of the molecule is CC(C)(C)c1[c-]c2c(cc1C(C)(C)C)-c1cc(C(C)(C)C)c(C(C)(C)C)cc1C2.[Zr+2]=[C](c1ccc2ccccc2c1)c1ccc2ccccc2c1.[Zr].c1cc[cH-]c1. The van der Waals surface area contributed by atoms with Gasteiger partial charge in [0, 0.05) is 26.2 Å². The zero-order valence-corrected chi connectivity index (χ0v) is 41.3. The van der Waals surface area contributed by atoms with E-state index >= 15 is 0 Å². The molecule has 7 aromatic carbocycles. The van der Waals surface area contributed by atoms with E-state index in [1.54, 1.807) is 0 Å². The quantitative estimate of drug-likeness (QED) is 0.152. The molecule has 0 atom stereocenters. The normalized spacial score (nSPS) is 12.5. The van der Waals surface area contributed by atoms with E-state index in [9.17, 15) is 0 Å². The molecule has 0 unspecified atom stereocenters. The van der Waals surface area contributed by atoms with Crippen LogP contribution in [-0.4, -0.2) is 3.21 Å². The maximum Gasteiger partial charge on any atom is 0 e. The summed E-state index contributed by atoms with van der Waals surface area (Å²) < 4.78 is 1.41. The molecule has 8 rings (SSSR count). The molecule has 0 heterocycles. The van der Waals surface area contributed by atoms with Crippen LogP contribution in [0.2, 0.25) is 0 Å². The molecule has 0 spiro atoms. The van der Waals surface area contributed by atoms with Gasteiger partial charge in [-0.15, -0.1) is 16.7 Å². The van der Waals surface area contributed by atoms with E-state index in [4.69, 9.17) is 0 Å². The van der Waals surface area contributed by atoms with Crippen molar-refractivity contribution in [3.63, 3.8) is 0 Å². The van der Waals surface area contributed by atoms with Crippen LogP contribution in [0.3, 0.4) is 0 Å². The van der Waals surface area contributed by atoms with Gasteiger partial charge >= 0.3 is 145 Å². The van der Waals surface area contributed by atoms with Gasteiger partial charge < -0.3 is 0 Å². The zero-order chi connectivity index (χ0) is 40.6. The van der Waals surface area contributed by atoms with Gasteiger partial charge in [-0.1, -0.05) is 106 Å². The summed E-state index contributed by atoms with van der Waals surface area (Å²) in [4.78, 5) is 0. The Kier molecular flexibility index (Phi) is 13.9. The molecule has 0 saturated carbocycles. The van der Waals surface area contributed by atoms with Crippen molar-refractivity contribution in [3.8, 4) is 11.1 Å². The first-order valence-electron chi connectivity index (χ1n) is 20.2. The topological polar surface area (TPSA) is 0 Å². The van der Waals surface area contributed by atoms with Gasteiger partial charge in [-0.25, -0.2) is 12.1 Å². The van der Waals surface area contributed by atoms with E-state index in [0.717, 1.165) is 6.42 Å². The Hall–Kier alpha value is -3.17. The first kappa shape index (κ1) is 44.9. The van der Waals surface area contributed by atoms with Crippen LogP contribution in [0.25, 0.3) is 32.7 Å². The molecule has 0 aromatic heterocycles. The summed E-state index contributed by atoms with van der Waals surface area (Å²) in [5, 5.41) is 5.21. The van der Waals surface area contributed by atoms with Crippen molar-refractivity contribution in [2.75, 3.05) is 0 Å². The van der Waals surface area contributed by atoms with Crippen molar-refractivity contribution in [1.82, 2.24) is 0 Å². The Bertz CT molecular complexity index is 2310. The van der Waals surface area contributed by atoms with Gasteiger partial charge in [0.1, 0.15) is 0 Å². The Balaban J connectivity index is 0.000000195. The third-order valence-corrected chi connectivity index (χ3v) is 12.3. The molecule has 0 N–H and O–H groups in total. The van der Waals surface area contributed by atoms with Gasteiger partial charge in [-0.2, -0.15) is 35.9 Å². The van der Waals surface area contributed by atoms with Gasteiger partial charge in [0.25, 0.3) is 0 Å². The third kappa shape index (κ3) is 10.5. The van der Waals surface area contributed by atoms with E-state index in [2.05, 4.69) is 192 Å². The Morgan fingerprint density at radius 2 is 0.930 bits per heavy atom. The van der Waals surface area contributed by atoms with Gasteiger partial charge in [-0.05, 0) is 39.4 Å². The second-order valence-electron chi connectivity index (χ2n) is 19.6. The number of hydrogen-bond acceptors (Lipinski definition) is 0. The van der Waals surface area contributed by atoms with Gasteiger partial charge in [0.05, 0.1) is 0 Å². The van der Waals surface area contributed by atoms with Crippen LogP contribution >= 0.6 is 0 Å². The molecule has 0 radical (unpaired) electrons. The van der Waals surface area contributed by atoms with E-state index in [-0.39, 0.29) is 47.9 Å². The van der Waals surface area contributed by atoms with Crippen molar-refractivity contribution >= 4 is 24.8 Å². The summed E-state index contributed by atoms with van der Waals surface area (Å²) in [6.07, 6.45) is 1.01. The Morgan fingerprint density at radius 1 is 0.491 bits per heavy atom. The zero-order valence-electron chi connectivity index (χ0n) is 36.4. The van der Waals surface area contributed by atoms with Crippen molar-refractivity contribution in [3.05, 3.63) is 184 Å². The summed E-state index contributed by atoms with van der Waals surface area (Å²) in [7, 11) is 0. The first-order valence-corrected chi connectivity index (χ1v) is 21.5. The average Bonchev–Trinajstić information content (AvgIpc) is 3.84. The fraction of sp³-hybridized carbons (Fsp3) is 0.309. The van der Waals surface area contributed by atoms with Gasteiger partial charge in [-0.3, -0.25) is 0 Å². The molecule has 0 bridgehead atoms. The second kappa shape index (κ2) is 17.6. The van der Waals surface area contributed by atoms with Crippen LogP contribution in [-0.2, 0) is 78.5 Å². The average molecular weight is 904 g/mol. The smallest absolute Gasteiger partial charge is 0 e. The summed E-state index contributed by atoms with van der Waals surface area (Å²) in [6.45, 7) is 28.0. The molecule has 0 amide bonds. The van der Waals surface area contributed by atoms with Crippen LogP contribution in [0.4, 0.5) is 0 Å². The van der Waals surface area contributed by atoms with E-state index < -0.39 is 0 Å². The summed E-state index contributed by atoms with van der Waals surface area (Å²) >= 11 is 1.44. The van der Waals surface area contributed by atoms with Crippen LogP contribution in [0.5, 0.6) is 0 Å². The van der Waals surface area contributed by atoms with Crippen molar-refractivity contribution < 1.29 is 50.4 Å². The van der Waals surface area contributed by atoms with Crippen molar-refractivity contribution in [2.45, 2.75) is 111 Å². The fourth-order valence-electron chi connectivity index (χ4n) is 7.80. The number of rotatable bonds is 2. The molecule has 0 nitrogen and oxygen atoms in total. The Morgan fingerprint density at radius 3 is 1.35 bits per heavy atom. The van der Waals surface area contributed by atoms with Crippen LogP contribution in [0.1, 0.15) is 128 Å². The molecular formula is C55H60Zr2. The molecule has 1 aliphatic rings. The third-order valence-electron chi connectivity index (χ3n) is 10.9. The second-order valence-corrected chi connectivity index (χ2v) is 20.9. The minimum atomic E-state index is 0. The molecule has 0 fully saturated rings. The minimum absolute atomic E-state index is 0. The molecule has 288 valence electrons. The molecule has 1 aliphatic carbocycles. The first-order chi connectivity index (χ1) is 26.2. The molecule has 0 aliphatic heterocycles. The van der Waals surface area contributed by atoms with E-state index in [1.807, 2.05) is 30.3 Å². The molecule has 2 heteroatoms. The predicted octanol–water partition coefficient (Wildman–Crippen LogP) is 14.8. The van der Waals surface area contributed by atoms with Crippen LogP contribution < -0.4 is 0 Å². The van der Waals surface area contributed by atoms with E-state index in [0.29, 0.717) is 0 Å². The number of hydrogen-bond donors (Lipinski definition) is 0. The molecular weight excluding hydrogens is 843 g/mol. The molecule has 0 saturated heterocycles. The fourth-order valence-corrected chi connectivity index (χ4v) is 8.57. The van der Waals surface area contributed by atoms with Gasteiger partial charge in [0.15, 0.2) is 0 Å². The maximum atomic E-state index is 3.90. The van der Waals surface area contributed by atoms with Crippen LogP contribution in [0, 0.1) is 6.07 Å². The standard InChI is InChI=1S/C29H41.C21H14.C5H5.2Zr/c1-26(2,3)22-14-18-13-19-15-23(27(4,5)6)25(29(10,11)12)17-21(19)20(18)16-24(22)28(7,8)9;1-3-7-20-14-16(9-11-18(20)5-1)13-17-10-12-19-6-2-4-8-21(19)15-17;1-2-4-5-3-1;;/h14,16-17H,13H2,1-12H3;1-12,14-15H;1-5H;;/q-1;;-1;;+2.